The van der Waals surface area contributed by atoms with Crippen molar-refractivity contribution in [2.45, 2.75) is 6.54 Å². The number of nitrogens with zero attached hydrogens (tertiary/aromatic N) is 3. The van der Waals surface area contributed by atoms with E-state index >= 15 is 0 Å². The molecule has 0 aliphatic carbocycles. The van der Waals surface area contributed by atoms with E-state index in [1.165, 1.54) is 34.4 Å². The van der Waals surface area contributed by atoms with Crippen LogP contribution in [0.15, 0.2) is 72.9 Å². The first-order chi connectivity index (χ1) is 14.1. The van der Waals surface area contributed by atoms with Crippen molar-refractivity contribution in [3.8, 4) is 0 Å². The van der Waals surface area contributed by atoms with Crippen LogP contribution in [-0.4, -0.2) is 15.9 Å². The number of hydrogen-bond acceptors (Lipinski definition) is 4. The molecule has 0 N–H and O–H groups in total. The summed E-state index contributed by atoms with van der Waals surface area (Å²) in [6.07, 6.45) is 4.80. The number of halogens is 2. The fourth-order valence-electron chi connectivity index (χ4n) is 2.76. The number of anilines is 1. The molecule has 4 nitrogen and oxygen atoms in total. The van der Waals surface area contributed by atoms with Crippen LogP contribution in [0.2, 0.25) is 5.02 Å². The van der Waals surface area contributed by atoms with E-state index in [1.807, 2.05) is 36.4 Å². The average Bonchev–Trinajstić information content (AvgIpc) is 3.14. The minimum Gasteiger partial charge on any atom is -0.278 e. The molecule has 0 bridgehead atoms. The van der Waals surface area contributed by atoms with Crippen LogP contribution in [0.1, 0.15) is 11.3 Å². The zero-order valence-electron chi connectivity index (χ0n) is 15.1. The van der Waals surface area contributed by atoms with E-state index in [0.29, 0.717) is 20.4 Å². The normalized spacial score (nSPS) is 11.2. The standard InChI is InChI=1S/C22H15ClFN3OS/c23-18-7-2-1-5-15(18)8-11-21(28)27(14-17-6-3-4-12-25-17)22-26-19-10-9-16(24)13-20(19)29-22/h1-13H,14H2/b11-8+. The molecule has 7 heteroatoms. The van der Waals surface area contributed by atoms with Gasteiger partial charge in [0, 0.05) is 17.3 Å². The molecule has 0 aliphatic rings. The number of thiazole rings is 1. The van der Waals surface area contributed by atoms with Crippen LogP contribution in [-0.2, 0) is 11.3 Å². The number of carbonyl (C=O) groups is 1. The summed E-state index contributed by atoms with van der Waals surface area (Å²) in [5.74, 6) is -0.607. The van der Waals surface area contributed by atoms with E-state index in [9.17, 15) is 9.18 Å². The first-order valence-electron chi connectivity index (χ1n) is 8.80. The minimum atomic E-state index is -0.339. The number of aromatic nitrogens is 2. The first-order valence-corrected chi connectivity index (χ1v) is 10.00. The molecule has 2 aromatic heterocycles. The summed E-state index contributed by atoms with van der Waals surface area (Å²) in [6, 6.07) is 17.2. The SMILES string of the molecule is O=C(/C=C/c1ccccc1Cl)N(Cc1ccccn1)c1nc2ccc(F)cc2s1. The molecule has 0 unspecified atom stereocenters. The summed E-state index contributed by atoms with van der Waals surface area (Å²) < 4.78 is 14.2. The van der Waals surface area contributed by atoms with Gasteiger partial charge >= 0.3 is 0 Å². The lowest BCUT2D eigenvalue weighted by molar-refractivity contribution is -0.114. The maximum atomic E-state index is 13.6. The van der Waals surface area contributed by atoms with Crippen LogP contribution in [0, 0.1) is 5.82 Å². The lowest BCUT2D eigenvalue weighted by Gasteiger charge is -2.17. The van der Waals surface area contributed by atoms with Crippen LogP contribution in [0.3, 0.4) is 0 Å². The van der Waals surface area contributed by atoms with Crippen LogP contribution in [0.5, 0.6) is 0 Å². The highest BCUT2D eigenvalue weighted by atomic mass is 35.5. The largest absolute Gasteiger partial charge is 0.278 e. The molecule has 1 amide bonds. The molecule has 144 valence electrons. The molecule has 29 heavy (non-hydrogen) atoms. The zero-order chi connectivity index (χ0) is 20.2. The van der Waals surface area contributed by atoms with Gasteiger partial charge in [-0.05, 0) is 48.0 Å². The van der Waals surface area contributed by atoms with E-state index in [2.05, 4.69) is 9.97 Å². The Morgan fingerprint density at radius 3 is 2.76 bits per heavy atom. The quantitative estimate of drug-likeness (QED) is 0.385. The lowest BCUT2D eigenvalue weighted by Crippen LogP contribution is -2.29. The molecule has 2 heterocycles. The second kappa shape index (κ2) is 8.51. The third-order valence-electron chi connectivity index (χ3n) is 4.19. The van der Waals surface area contributed by atoms with Crippen molar-refractivity contribution < 1.29 is 9.18 Å². The predicted octanol–water partition coefficient (Wildman–Crippen LogP) is 5.73. The van der Waals surface area contributed by atoms with Gasteiger partial charge in [-0.25, -0.2) is 9.37 Å². The van der Waals surface area contributed by atoms with E-state index in [4.69, 9.17) is 11.6 Å². The molecule has 4 rings (SSSR count). The Kier molecular flexibility index (Phi) is 5.64. The highest BCUT2D eigenvalue weighted by Gasteiger charge is 2.19. The fraction of sp³-hybridized carbons (Fsp3) is 0.0455. The van der Waals surface area contributed by atoms with Crippen molar-refractivity contribution >= 4 is 50.3 Å². The smallest absolute Gasteiger partial charge is 0.253 e. The topological polar surface area (TPSA) is 46.1 Å². The predicted molar refractivity (Wildman–Crippen MR) is 115 cm³/mol. The van der Waals surface area contributed by atoms with Gasteiger partial charge in [0.25, 0.3) is 5.91 Å². The number of rotatable bonds is 5. The van der Waals surface area contributed by atoms with Gasteiger partial charge < -0.3 is 0 Å². The summed E-state index contributed by atoms with van der Waals surface area (Å²) in [4.78, 5) is 23.4. The van der Waals surface area contributed by atoms with Crippen molar-refractivity contribution in [1.82, 2.24) is 9.97 Å². The molecule has 2 aromatic carbocycles. The molecular formula is C22H15ClFN3OS. The Morgan fingerprint density at radius 2 is 1.97 bits per heavy atom. The van der Waals surface area contributed by atoms with Crippen molar-refractivity contribution in [3.63, 3.8) is 0 Å². The molecule has 0 spiro atoms. The highest BCUT2D eigenvalue weighted by Crippen LogP contribution is 2.30. The minimum absolute atomic E-state index is 0.245. The van der Waals surface area contributed by atoms with E-state index in [1.54, 1.807) is 24.4 Å². The molecule has 0 atom stereocenters. The van der Waals surface area contributed by atoms with Crippen LogP contribution >= 0.6 is 22.9 Å². The first kappa shape index (κ1) is 19.2. The van der Waals surface area contributed by atoms with Crippen molar-refractivity contribution in [2.75, 3.05) is 4.90 Å². The number of hydrogen-bond donors (Lipinski definition) is 0. The lowest BCUT2D eigenvalue weighted by atomic mass is 10.2. The zero-order valence-corrected chi connectivity index (χ0v) is 16.7. The van der Waals surface area contributed by atoms with Crippen LogP contribution in [0.25, 0.3) is 16.3 Å². The number of benzene rings is 2. The van der Waals surface area contributed by atoms with Gasteiger partial charge in [-0.3, -0.25) is 14.7 Å². The average molecular weight is 424 g/mol. The Hall–Kier alpha value is -3.09. The van der Waals surface area contributed by atoms with E-state index in [-0.39, 0.29) is 18.3 Å². The molecule has 0 radical (unpaired) electrons. The van der Waals surface area contributed by atoms with Gasteiger partial charge in [0.1, 0.15) is 5.82 Å². The van der Waals surface area contributed by atoms with Crippen molar-refractivity contribution in [3.05, 3.63) is 95.0 Å². The number of carbonyl (C=O) groups excluding carboxylic acids is 1. The molecule has 0 fully saturated rings. The van der Waals surface area contributed by atoms with Gasteiger partial charge in [0.15, 0.2) is 5.13 Å². The Balaban J connectivity index is 1.69. The van der Waals surface area contributed by atoms with Gasteiger partial charge in [0.2, 0.25) is 0 Å². The Labute approximate surface area is 175 Å². The number of amides is 1. The van der Waals surface area contributed by atoms with Crippen LogP contribution < -0.4 is 4.90 Å². The van der Waals surface area contributed by atoms with E-state index < -0.39 is 0 Å². The summed E-state index contributed by atoms with van der Waals surface area (Å²) in [5, 5.41) is 1.04. The van der Waals surface area contributed by atoms with E-state index in [0.717, 1.165) is 11.3 Å². The summed E-state index contributed by atoms with van der Waals surface area (Å²) in [6.45, 7) is 0.245. The maximum absolute atomic E-state index is 13.6. The van der Waals surface area contributed by atoms with Gasteiger partial charge in [0.05, 0.1) is 22.5 Å². The maximum Gasteiger partial charge on any atom is 0.253 e. The summed E-state index contributed by atoms with van der Waals surface area (Å²) in [7, 11) is 0. The number of fused-ring (bicyclic) bond motifs is 1. The number of pyridine rings is 1. The molecule has 0 saturated carbocycles. The van der Waals surface area contributed by atoms with Gasteiger partial charge in [-0.15, -0.1) is 0 Å². The highest BCUT2D eigenvalue weighted by molar-refractivity contribution is 7.22. The Morgan fingerprint density at radius 1 is 1.14 bits per heavy atom. The summed E-state index contributed by atoms with van der Waals surface area (Å²) in [5.41, 5.74) is 2.10. The van der Waals surface area contributed by atoms with Crippen LogP contribution in [0.4, 0.5) is 9.52 Å². The Bertz CT molecular complexity index is 1190. The monoisotopic (exact) mass is 423 g/mol. The molecule has 4 aromatic rings. The fourth-order valence-corrected chi connectivity index (χ4v) is 3.95. The van der Waals surface area contributed by atoms with Crippen molar-refractivity contribution in [2.24, 2.45) is 0 Å². The third-order valence-corrected chi connectivity index (χ3v) is 5.58. The van der Waals surface area contributed by atoms with Gasteiger partial charge in [-0.2, -0.15) is 0 Å². The van der Waals surface area contributed by atoms with Gasteiger partial charge in [-0.1, -0.05) is 47.2 Å². The second-order valence-electron chi connectivity index (χ2n) is 6.21. The third kappa shape index (κ3) is 4.50. The molecule has 0 aliphatic heterocycles. The second-order valence-corrected chi connectivity index (χ2v) is 7.63. The molecular weight excluding hydrogens is 409 g/mol. The molecule has 0 saturated heterocycles. The summed E-state index contributed by atoms with van der Waals surface area (Å²) >= 11 is 7.43. The van der Waals surface area contributed by atoms with Crippen molar-refractivity contribution in [1.29, 1.82) is 0 Å².